The van der Waals surface area contributed by atoms with E-state index < -0.39 is 5.91 Å². The van der Waals surface area contributed by atoms with Crippen molar-refractivity contribution in [3.8, 4) is 22.8 Å². The number of rotatable bonds is 7. The van der Waals surface area contributed by atoms with E-state index in [1.165, 1.54) is 6.26 Å². The molecule has 7 nitrogen and oxygen atoms in total. The van der Waals surface area contributed by atoms with E-state index in [9.17, 15) is 9.59 Å². The third kappa shape index (κ3) is 5.72. The lowest BCUT2D eigenvalue weighted by molar-refractivity contribution is 0.0995. The first-order chi connectivity index (χ1) is 18.0. The zero-order valence-corrected chi connectivity index (χ0v) is 21.1. The predicted molar refractivity (Wildman–Crippen MR) is 145 cm³/mol. The molecule has 0 aliphatic carbocycles. The van der Waals surface area contributed by atoms with Crippen LogP contribution in [0.25, 0.3) is 11.3 Å². The van der Waals surface area contributed by atoms with Crippen LogP contribution in [0.4, 0.5) is 10.1 Å². The van der Waals surface area contributed by atoms with Gasteiger partial charge in [-0.05, 0) is 55.5 Å². The number of ether oxygens (including phenoxy) is 1. The van der Waals surface area contributed by atoms with Crippen molar-refractivity contribution in [3.05, 3.63) is 113 Å². The molecule has 184 valence electrons. The third-order valence-electron chi connectivity index (χ3n) is 5.33. The maximum atomic E-state index is 12.9. The summed E-state index contributed by atoms with van der Waals surface area (Å²) in [5, 5.41) is 6.98. The second-order valence-electron chi connectivity index (χ2n) is 8.01. The van der Waals surface area contributed by atoms with E-state index in [0.717, 1.165) is 22.5 Å². The molecule has 0 saturated carbocycles. The van der Waals surface area contributed by atoms with Crippen molar-refractivity contribution < 1.29 is 18.7 Å². The fourth-order valence-corrected chi connectivity index (χ4v) is 4.49. The van der Waals surface area contributed by atoms with Crippen LogP contribution < -0.4 is 15.4 Å². The third-order valence-corrected chi connectivity index (χ3v) is 6.52. The Labute approximate surface area is 221 Å². The molecule has 5 aromatic rings. The fraction of sp³-hybridized carbons (Fsp3) is 0.0357. The highest BCUT2D eigenvalue weighted by molar-refractivity contribution is 7.20. The number of carbonyl (C=O) groups is 2. The Morgan fingerprint density at radius 3 is 2.35 bits per heavy atom. The van der Waals surface area contributed by atoms with Crippen LogP contribution in [0.1, 0.15) is 26.5 Å². The van der Waals surface area contributed by atoms with Gasteiger partial charge in [-0.15, -0.1) is 0 Å². The summed E-state index contributed by atoms with van der Waals surface area (Å²) in [5.74, 6) is 0.486. The molecule has 0 unspecified atom stereocenters. The molecule has 0 atom stereocenters. The van der Waals surface area contributed by atoms with E-state index in [1.54, 1.807) is 48.5 Å². The van der Waals surface area contributed by atoms with Gasteiger partial charge in [-0.3, -0.25) is 14.9 Å². The van der Waals surface area contributed by atoms with Crippen LogP contribution in [0.5, 0.6) is 11.5 Å². The number of hydrogen-bond acceptors (Lipinski definition) is 6. The summed E-state index contributed by atoms with van der Waals surface area (Å²) in [4.78, 5) is 30.2. The summed E-state index contributed by atoms with van der Waals surface area (Å²) in [5.41, 5.74) is 2.86. The minimum Gasteiger partial charge on any atom is -0.459 e. The minimum absolute atomic E-state index is 0.174. The number of para-hydroxylation sites is 1. The Kier molecular flexibility index (Phi) is 7.02. The molecular weight excluding hydrogens is 510 g/mol. The van der Waals surface area contributed by atoms with Crippen LogP contribution in [0.15, 0.2) is 95.6 Å². The van der Waals surface area contributed by atoms with Gasteiger partial charge in [0.1, 0.15) is 22.2 Å². The van der Waals surface area contributed by atoms with Crippen molar-refractivity contribution in [1.29, 1.82) is 0 Å². The van der Waals surface area contributed by atoms with Gasteiger partial charge in [-0.2, -0.15) is 0 Å². The predicted octanol–water partition coefficient (Wildman–Crippen LogP) is 7.66. The molecule has 0 aliphatic rings. The zero-order chi connectivity index (χ0) is 25.8. The van der Waals surface area contributed by atoms with Gasteiger partial charge in [0.15, 0.2) is 10.9 Å². The molecule has 0 spiro atoms. The van der Waals surface area contributed by atoms with E-state index in [-0.39, 0.29) is 11.7 Å². The number of aryl methyl sites for hydroxylation is 1. The maximum Gasteiger partial charge on any atom is 0.292 e. The second kappa shape index (κ2) is 10.7. The van der Waals surface area contributed by atoms with Gasteiger partial charge < -0.3 is 14.5 Å². The first-order valence-electron chi connectivity index (χ1n) is 11.2. The largest absolute Gasteiger partial charge is 0.459 e. The Morgan fingerprint density at radius 1 is 0.892 bits per heavy atom. The van der Waals surface area contributed by atoms with Crippen molar-refractivity contribution >= 4 is 44.9 Å². The van der Waals surface area contributed by atoms with Crippen LogP contribution in [0, 0.1) is 6.92 Å². The highest BCUT2D eigenvalue weighted by Crippen LogP contribution is 2.37. The van der Waals surface area contributed by atoms with Crippen molar-refractivity contribution in [2.24, 2.45) is 0 Å². The molecule has 2 heterocycles. The molecule has 9 heteroatoms. The van der Waals surface area contributed by atoms with E-state index in [1.807, 2.05) is 43.3 Å². The van der Waals surface area contributed by atoms with Crippen LogP contribution >= 0.6 is 22.9 Å². The maximum absolute atomic E-state index is 12.9. The molecule has 0 bridgehead atoms. The van der Waals surface area contributed by atoms with Gasteiger partial charge in [0, 0.05) is 11.1 Å². The van der Waals surface area contributed by atoms with E-state index in [2.05, 4.69) is 15.6 Å². The van der Waals surface area contributed by atoms with Gasteiger partial charge in [-0.1, -0.05) is 64.9 Å². The lowest BCUT2D eigenvalue weighted by atomic mass is 10.1. The number of benzene rings is 3. The number of carbonyl (C=O) groups excluding carboxylic acids is 2. The smallest absolute Gasteiger partial charge is 0.292 e. The van der Waals surface area contributed by atoms with Gasteiger partial charge in [0.2, 0.25) is 0 Å². The highest BCUT2D eigenvalue weighted by Gasteiger charge is 2.19. The average Bonchev–Trinajstić information content (AvgIpc) is 3.57. The minimum atomic E-state index is -0.408. The van der Waals surface area contributed by atoms with Gasteiger partial charge >= 0.3 is 0 Å². The molecular formula is C28H20ClN3O4S. The summed E-state index contributed by atoms with van der Waals surface area (Å²) >= 11 is 7.30. The van der Waals surface area contributed by atoms with Gasteiger partial charge in [0.25, 0.3) is 11.8 Å². The average molecular weight is 530 g/mol. The van der Waals surface area contributed by atoms with Crippen molar-refractivity contribution in [1.82, 2.24) is 4.98 Å². The number of nitrogens with one attached hydrogen (secondary N) is 2. The SMILES string of the molecule is Cc1ccc(-c2nc(NC(=O)c3ccc(Oc4ccccc4Cl)cc3)sc2NC(=O)c2ccco2)cc1. The zero-order valence-electron chi connectivity index (χ0n) is 19.5. The molecule has 0 fully saturated rings. The molecule has 0 radical (unpaired) electrons. The monoisotopic (exact) mass is 529 g/mol. The molecule has 2 aromatic heterocycles. The van der Waals surface area contributed by atoms with E-state index in [4.69, 9.17) is 20.8 Å². The van der Waals surface area contributed by atoms with Crippen LogP contribution in [0.3, 0.4) is 0 Å². The Balaban J connectivity index is 1.35. The number of aromatic nitrogens is 1. The Hall–Kier alpha value is -4.40. The fourth-order valence-electron chi connectivity index (χ4n) is 3.44. The van der Waals surface area contributed by atoms with Gasteiger partial charge in [0.05, 0.1) is 11.3 Å². The van der Waals surface area contributed by atoms with Crippen molar-refractivity contribution in [2.45, 2.75) is 6.92 Å². The van der Waals surface area contributed by atoms with Gasteiger partial charge in [-0.25, -0.2) is 4.98 Å². The first-order valence-corrected chi connectivity index (χ1v) is 12.4. The second-order valence-corrected chi connectivity index (χ2v) is 9.41. The normalized spacial score (nSPS) is 10.6. The molecule has 2 amide bonds. The number of furan rings is 1. The molecule has 3 aromatic carbocycles. The van der Waals surface area contributed by atoms with Crippen LogP contribution in [-0.2, 0) is 0 Å². The van der Waals surface area contributed by atoms with Crippen molar-refractivity contribution in [3.63, 3.8) is 0 Å². The Morgan fingerprint density at radius 2 is 1.65 bits per heavy atom. The molecule has 0 saturated heterocycles. The highest BCUT2D eigenvalue weighted by atomic mass is 35.5. The number of nitrogens with zero attached hydrogens (tertiary/aromatic N) is 1. The number of halogens is 1. The standard InChI is InChI=1S/C28H20ClN3O4S/c1-17-8-10-18(11-9-17)24-27(31-26(34)23-7-4-16-35-23)37-28(30-24)32-25(33)19-12-14-20(15-13-19)36-22-6-3-2-5-21(22)29/h2-16H,1H3,(H,31,34)(H,30,32,33). The summed E-state index contributed by atoms with van der Waals surface area (Å²) in [6.45, 7) is 1.99. The van der Waals surface area contributed by atoms with Crippen LogP contribution in [0.2, 0.25) is 5.02 Å². The molecule has 2 N–H and O–H groups in total. The summed E-state index contributed by atoms with van der Waals surface area (Å²) < 4.78 is 11.0. The first kappa shape index (κ1) is 24.3. The lowest BCUT2D eigenvalue weighted by Gasteiger charge is -2.08. The molecule has 0 aliphatic heterocycles. The Bertz CT molecular complexity index is 1550. The van der Waals surface area contributed by atoms with Crippen molar-refractivity contribution in [2.75, 3.05) is 10.6 Å². The number of anilines is 2. The van der Waals surface area contributed by atoms with E-state index >= 15 is 0 Å². The molecule has 37 heavy (non-hydrogen) atoms. The summed E-state index contributed by atoms with van der Waals surface area (Å²) in [6.07, 6.45) is 1.43. The number of hydrogen-bond donors (Lipinski definition) is 2. The summed E-state index contributed by atoms with van der Waals surface area (Å²) in [6, 6.07) is 24.8. The number of amides is 2. The summed E-state index contributed by atoms with van der Waals surface area (Å²) in [7, 11) is 0. The quantitative estimate of drug-likeness (QED) is 0.226. The van der Waals surface area contributed by atoms with E-state index in [0.29, 0.717) is 37.9 Å². The lowest BCUT2D eigenvalue weighted by Crippen LogP contribution is -2.11. The van der Waals surface area contributed by atoms with Crippen LogP contribution in [-0.4, -0.2) is 16.8 Å². The topological polar surface area (TPSA) is 93.5 Å². The number of thiazole rings is 1. The molecule has 5 rings (SSSR count).